The molecule has 4 aromatic rings. The van der Waals surface area contributed by atoms with E-state index in [1.165, 1.54) is 4.90 Å². The van der Waals surface area contributed by atoms with E-state index >= 15 is 0 Å². The smallest absolute Gasteiger partial charge is 0.282 e. The van der Waals surface area contributed by atoms with E-state index in [0.717, 1.165) is 28.1 Å². The Balaban J connectivity index is 1.23. The van der Waals surface area contributed by atoms with Crippen molar-refractivity contribution in [2.45, 2.75) is 38.7 Å². The van der Waals surface area contributed by atoms with Gasteiger partial charge in [-0.2, -0.15) is 20.1 Å². The summed E-state index contributed by atoms with van der Waals surface area (Å²) < 4.78 is 28.5. The second-order valence-corrected chi connectivity index (χ2v) is 10.4. The maximum absolute atomic E-state index is 13.3. The lowest BCUT2D eigenvalue weighted by molar-refractivity contribution is -0.113. The van der Waals surface area contributed by atoms with Crippen LogP contribution in [0, 0.1) is 0 Å². The Kier molecular flexibility index (Phi) is 6.04. The third-order valence-electron chi connectivity index (χ3n) is 7.20. The molecule has 0 spiro atoms. The molecule has 0 bridgehead atoms. The van der Waals surface area contributed by atoms with E-state index in [4.69, 9.17) is 9.97 Å². The molecule has 1 fully saturated rings. The minimum absolute atomic E-state index is 0.0880. The fourth-order valence-corrected chi connectivity index (χ4v) is 4.96. The third kappa shape index (κ3) is 4.82. The molecule has 2 aliphatic rings. The molecule has 0 saturated carbocycles. The molecule has 0 radical (unpaired) electrons. The van der Waals surface area contributed by atoms with Crippen molar-refractivity contribution in [1.29, 1.82) is 0 Å². The van der Waals surface area contributed by atoms with Crippen LogP contribution in [0.5, 0.6) is 0 Å². The van der Waals surface area contributed by atoms with E-state index in [-0.39, 0.29) is 11.8 Å². The number of aromatic amines is 1. The number of carbonyl (C=O) groups is 1. The minimum Gasteiger partial charge on any atom is -0.342 e. The highest BCUT2D eigenvalue weighted by Gasteiger charge is 2.47. The molecule has 0 aliphatic carbocycles. The van der Waals surface area contributed by atoms with Crippen LogP contribution in [0.25, 0.3) is 11.1 Å². The first-order valence-electron chi connectivity index (χ1n) is 12.9. The van der Waals surface area contributed by atoms with E-state index in [1.807, 2.05) is 54.9 Å². The number of fused-ring (bicyclic) bond motifs is 1. The normalized spacial score (nSPS) is 16.3. The standard InChI is InChI=1S/C27H29F2N9O/c1-16(2)23-33-25(32-20-6-4-17(5-7-20)19-11-30-31-12-19)35-26(34-23)37-9-8-18-10-21(36(3)22(18)13-37)24(39)38-14-27(28,29)15-38/h4-7,10-12,16H,8-9,13-15H2,1-3H3,(H,30,31)(H,32,33,34,35). The number of amides is 1. The molecular formula is C27H29F2N9O. The zero-order chi connectivity index (χ0) is 27.3. The van der Waals surface area contributed by atoms with E-state index < -0.39 is 19.0 Å². The zero-order valence-electron chi connectivity index (χ0n) is 21.9. The van der Waals surface area contributed by atoms with Crippen LogP contribution in [0.15, 0.2) is 42.7 Å². The van der Waals surface area contributed by atoms with Gasteiger partial charge in [-0.1, -0.05) is 26.0 Å². The van der Waals surface area contributed by atoms with Gasteiger partial charge in [-0.25, -0.2) is 8.78 Å². The number of hydrogen-bond acceptors (Lipinski definition) is 7. The average molecular weight is 534 g/mol. The highest BCUT2D eigenvalue weighted by atomic mass is 19.3. The second-order valence-electron chi connectivity index (χ2n) is 10.4. The zero-order valence-corrected chi connectivity index (χ0v) is 21.9. The van der Waals surface area contributed by atoms with Crippen molar-refractivity contribution in [3.63, 3.8) is 0 Å². The van der Waals surface area contributed by atoms with E-state index in [0.29, 0.717) is 42.9 Å². The number of nitrogens with one attached hydrogen (secondary N) is 2. The van der Waals surface area contributed by atoms with Gasteiger partial charge in [0, 0.05) is 42.7 Å². The summed E-state index contributed by atoms with van der Waals surface area (Å²) in [7, 11) is 1.81. The molecule has 12 heteroatoms. The first kappa shape index (κ1) is 25.0. The fraction of sp³-hybridized carbons (Fsp3) is 0.370. The molecule has 5 heterocycles. The van der Waals surface area contributed by atoms with Crippen molar-refractivity contribution in [2.24, 2.45) is 7.05 Å². The van der Waals surface area contributed by atoms with Crippen molar-refractivity contribution in [2.75, 3.05) is 29.9 Å². The van der Waals surface area contributed by atoms with Crippen molar-refractivity contribution >= 4 is 23.5 Å². The van der Waals surface area contributed by atoms with E-state index in [9.17, 15) is 13.6 Å². The minimum atomic E-state index is -2.79. The van der Waals surface area contributed by atoms with Crippen molar-refractivity contribution in [3.05, 3.63) is 65.5 Å². The molecule has 0 atom stereocenters. The molecule has 10 nitrogen and oxygen atoms in total. The van der Waals surface area contributed by atoms with Crippen LogP contribution in [-0.2, 0) is 20.0 Å². The predicted molar refractivity (Wildman–Crippen MR) is 142 cm³/mol. The predicted octanol–water partition coefficient (Wildman–Crippen LogP) is 4.12. The summed E-state index contributed by atoms with van der Waals surface area (Å²) in [6.45, 7) is 4.16. The van der Waals surface area contributed by atoms with Crippen LogP contribution >= 0.6 is 0 Å². The Labute approximate surface area is 224 Å². The van der Waals surface area contributed by atoms with Gasteiger partial charge in [0.15, 0.2) is 0 Å². The van der Waals surface area contributed by atoms with Gasteiger partial charge in [0.1, 0.15) is 11.5 Å². The van der Waals surface area contributed by atoms with Crippen LogP contribution in [-0.4, -0.2) is 66.1 Å². The number of nitrogens with zero attached hydrogens (tertiary/aromatic N) is 7. The number of anilines is 3. The number of likely N-dealkylation sites (tertiary alicyclic amines) is 1. The van der Waals surface area contributed by atoms with Crippen molar-refractivity contribution < 1.29 is 13.6 Å². The summed E-state index contributed by atoms with van der Waals surface area (Å²) >= 11 is 0. The molecular weight excluding hydrogens is 504 g/mol. The first-order chi connectivity index (χ1) is 18.7. The maximum Gasteiger partial charge on any atom is 0.282 e. The van der Waals surface area contributed by atoms with Gasteiger partial charge in [-0.05, 0) is 35.7 Å². The first-order valence-corrected chi connectivity index (χ1v) is 12.9. The number of carbonyl (C=O) groups excluding carboxylic acids is 1. The fourth-order valence-electron chi connectivity index (χ4n) is 4.96. The number of halogens is 2. The number of aromatic nitrogens is 6. The monoisotopic (exact) mass is 533 g/mol. The Morgan fingerprint density at radius 1 is 1.10 bits per heavy atom. The summed E-state index contributed by atoms with van der Waals surface area (Å²) in [5, 5.41) is 10.1. The molecule has 2 N–H and O–H groups in total. The SMILES string of the molecule is CC(C)c1nc(Nc2ccc(-c3cn[nH]c3)cc2)nc(N2CCc3cc(C(=O)N4CC(F)(F)C4)n(C)c3C2)n1. The van der Waals surface area contributed by atoms with Gasteiger partial charge in [0.05, 0.1) is 25.8 Å². The Bertz CT molecular complexity index is 1510. The topological polar surface area (TPSA) is 108 Å². The van der Waals surface area contributed by atoms with E-state index in [1.54, 1.807) is 13.2 Å². The summed E-state index contributed by atoms with van der Waals surface area (Å²) in [4.78, 5) is 30.2. The molecule has 2 aliphatic heterocycles. The number of hydrogen-bond donors (Lipinski definition) is 2. The molecule has 0 unspecified atom stereocenters. The molecule has 39 heavy (non-hydrogen) atoms. The average Bonchev–Trinajstić information content (AvgIpc) is 3.55. The maximum atomic E-state index is 13.3. The van der Waals surface area contributed by atoms with Crippen LogP contribution < -0.4 is 10.2 Å². The molecule has 3 aromatic heterocycles. The highest BCUT2D eigenvalue weighted by Crippen LogP contribution is 2.31. The van der Waals surface area contributed by atoms with Crippen LogP contribution in [0.3, 0.4) is 0 Å². The largest absolute Gasteiger partial charge is 0.342 e. The van der Waals surface area contributed by atoms with Crippen LogP contribution in [0.4, 0.5) is 26.4 Å². The highest BCUT2D eigenvalue weighted by molar-refractivity contribution is 5.94. The number of H-pyrrole nitrogens is 1. The third-order valence-corrected chi connectivity index (χ3v) is 7.20. The lowest BCUT2D eigenvalue weighted by atomic mass is 10.1. The van der Waals surface area contributed by atoms with Crippen LogP contribution in [0.2, 0.25) is 0 Å². The number of benzene rings is 1. The molecule has 202 valence electrons. The lowest BCUT2D eigenvalue weighted by Gasteiger charge is -2.38. The number of rotatable bonds is 6. The van der Waals surface area contributed by atoms with Gasteiger partial charge < -0.3 is 19.7 Å². The summed E-state index contributed by atoms with van der Waals surface area (Å²) in [6.07, 6.45) is 4.30. The van der Waals surface area contributed by atoms with Gasteiger partial charge in [-0.15, -0.1) is 0 Å². The Morgan fingerprint density at radius 3 is 2.54 bits per heavy atom. The van der Waals surface area contributed by atoms with E-state index in [2.05, 4.69) is 25.4 Å². The Morgan fingerprint density at radius 2 is 1.87 bits per heavy atom. The van der Waals surface area contributed by atoms with Crippen molar-refractivity contribution in [3.8, 4) is 11.1 Å². The van der Waals surface area contributed by atoms with Gasteiger partial charge in [-0.3, -0.25) is 9.89 Å². The lowest BCUT2D eigenvalue weighted by Crippen LogP contribution is -2.58. The summed E-state index contributed by atoms with van der Waals surface area (Å²) in [5.74, 6) is -1.40. The van der Waals surface area contributed by atoms with Gasteiger partial charge >= 0.3 is 0 Å². The molecule has 1 amide bonds. The Hall–Kier alpha value is -4.35. The molecule has 1 saturated heterocycles. The summed E-state index contributed by atoms with van der Waals surface area (Å²) in [5.41, 5.74) is 5.31. The second kappa shape index (κ2) is 9.44. The molecule has 6 rings (SSSR count). The van der Waals surface area contributed by atoms with Crippen LogP contribution in [0.1, 0.15) is 47.3 Å². The molecule has 1 aromatic carbocycles. The van der Waals surface area contributed by atoms with Gasteiger partial charge in [0.25, 0.3) is 11.8 Å². The van der Waals surface area contributed by atoms with Crippen molar-refractivity contribution in [1.82, 2.24) is 34.6 Å². The number of alkyl halides is 2. The summed E-state index contributed by atoms with van der Waals surface area (Å²) in [6, 6.07) is 9.76. The van der Waals surface area contributed by atoms with Gasteiger partial charge in [0.2, 0.25) is 11.9 Å². The quantitative estimate of drug-likeness (QED) is 0.384.